The number of hydrogen-bond acceptors (Lipinski definition) is 5. The normalized spacial score (nSPS) is 16.9. The predicted octanol–water partition coefficient (Wildman–Crippen LogP) is 3.55. The van der Waals surface area contributed by atoms with Crippen LogP contribution in [0.15, 0.2) is 33.9 Å². The zero-order valence-corrected chi connectivity index (χ0v) is 13.5. The van der Waals surface area contributed by atoms with Crippen molar-refractivity contribution in [2.24, 2.45) is 10.9 Å². The Morgan fingerprint density at radius 3 is 2.73 bits per heavy atom. The van der Waals surface area contributed by atoms with Crippen molar-refractivity contribution in [3.05, 3.63) is 46.8 Å². The number of nitrogens with zero attached hydrogens (tertiary/aromatic N) is 4. The second kappa shape index (κ2) is 5.65. The lowest BCUT2D eigenvalue weighted by Crippen LogP contribution is -2.31. The summed E-state index contributed by atoms with van der Waals surface area (Å²) >= 11 is 5.89. The van der Waals surface area contributed by atoms with Crippen molar-refractivity contribution >= 4 is 23.4 Å². The molecule has 2 aromatic heterocycles. The summed E-state index contributed by atoms with van der Waals surface area (Å²) < 4.78 is 5.42. The molecule has 3 rings (SSSR count). The van der Waals surface area contributed by atoms with Crippen LogP contribution in [0.3, 0.4) is 0 Å². The summed E-state index contributed by atoms with van der Waals surface area (Å²) in [5.74, 6) is 1.40. The van der Waals surface area contributed by atoms with Gasteiger partial charge in [0.05, 0.1) is 17.5 Å². The first kappa shape index (κ1) is 14.9. The Kier molecular flexibility index (Phi) is 3.83. The Bertz CT molecular complexity index is 733. The van der Waals surface area contributed by atoms with Crippen LogP contribution in [0.1, 0.15) is 38.0 Å². The van der Waals surface area contributed by atoms with E-state index in [2.05, 4.69) is 40.9 Å². The number of halogens is 1. The molecule has 0 bridgehead atoms. The van der Waals surface area contributed by atoms with Crippen LogP contribution in [-0.4, -0.2) is 27.9 Å². The fourth-order valence-corrected chi connectivity index (χ4v) is 2.56. The van der Waals surface area contributed by atoms with E-state index < -0.39 is 5.41 Å². The lowest BCUT2D eigenvalue weighted by molar-refractivity contribution is 0.345. The van der Waals surface area contributed by atoms with Gasteiger partial charge in [0, 0.05) is 12.4 Å². The molecule has 0 saturated heterocycles. The number of hydrogen-bond donors (Lipinski definition) is 0. The highest BCUT2D eigenvalue weighted by atomic mass is 35.5. The second-order valence-corrected chi connectivity index (χ2v) is 6.19. The van der Waals surface area contributed by atoms with Crippen LogP contribution in [-0.2, 0) is 5.41 Å². The molecule has 0 spiro atoms. The molecule has 1 atom stereocenters. The van der Waals surface area contributed by atoms with Gasteiger partial charge in [-0.1, -0.05) is 36.7 Å². The fraction of sp³-hybridized carbons (Fsp3) is 0.375. The van der Waals surface area contributed by atoms with E-state index in [0.29, 0.717) is 23.4 Å². The minimum absolute atomic E-state index is 0.257. The highest BCUT2D eigenvalue weighted by Gasteiger charge is 2.38. The monoisotopic (exact) mass is 316 g/mol. The number of pyridine rings is 1. The summed E-state index contributed by atoms with van der Waals surface area (Å²) in [5.41, 5.74) is 1.47. The van der Waals surface area contributed by atoms with Gasteiger partial charge in [-0.25, -0.2) is 4.98 Å². The van der Waals surface area contributed by atoms with Crippen molar-refractivity contribution in [2.75, 3.05) is 6.54 Å². The Labute approximate surface area is 134 Å². The Morgan fingerprint density at radius 2 is 2.14 bits per heavy atom. The molecule has 1 unspecified atom stereocenters. The highest BCUT2D eigenvalue weighted by Crippen LogP contribution is 2.37. The molecule has 0 amide bonds. The summed E-state index contributed by atoms with van der Waals surface area (Å²) in [6, 6.07) is 3.74. The Morgan fingerprint density at radius 1 is 1.32 bits per heavy atom. The quantitative estimate of drug-likeness (QED) is 0.809. The van der Waals surface area contributed by atoms with Gasteiger partial charge in [-0.2, -0.15) is 4.98 Å². The van der Waals surface area contributed by atoms with Crippen molar-refractivity contribution in [1.29, 1.82) is 0 Å². The van der Waals surface area contributed by atoms with Gasteiger partial charge in [0.1, 0.15) is 5.15 Å². The van der Waals surface area contributed by atoms with Crippen molar-refractivity contribution in [1.82, 2.24) is 15.1 Å². The van der Waals surface area contributed by atoms with Gasteiger partial charge in [-0.3, -0.25) is 4.99 Å². The average molecular weight is 317 g/mol. The van der Waals surface area contributed by atoms with Crippen molar-refractivity contribution in [3.63, 3.8) is 0 Å². The minimum atomic E-state index is -0.407. The van der Waals surface area contributed by atoms with Crippen molar-refractivity contribution in [2.45, 2.75) is 26.2 Å². The third-order valence-corrected chi connectivity index (χ3v) is 4.49. The number of aromatic nitrogens is 3. The first-order valence-corrected chi connectivity index (χ1v) is 7.56. The minimum Gasteiger partial charge on any atom is -0.334 e. The van der Waals surface area contributed by atoms with E-state index >= 15 is 0 Å². The van der Waals surface area contributed by atoms with Gasteiger partial charge in [-0.05, 0) is 30.5 Å². The first-order chi connectivity index (χ1) is 10.5. The largest absolute Gasteiger partial charge is 0.334 e. The maximum Gasteiger partial charge on any atom is 0.259 e. The van der Waals surface area contributed by atoms with E-state index in [-0.39, 0.29) is 5.92 Å². The van der Waals surface area contributed by atoms with E-state index in [1.807, 2.05) is 12.1 Å². The van der Waals surface area contributed by atoms with E-state index in [0.717, 1.165) is 11.1 Å². The molecule has 1 aliphatic heterocycles. The maximum atomic E-state index is 5.89. The summed E-state index contributed by atoms with van der Waals surface area (Å²) in [6.45, 7) is 7.01. The van der Waals surface area contributed by atoms with Gasteiger partial charge in [0.2, 0.25) is 0 Å². The van der Waals surface area contributed by atoms with Crippen LogP contribution in [0.5, 0.6) is 0 Å². The molecular weight excluding hydrogens is 300 g/mol. The topological polar surface area (TPSA) is 64.2 Å². The first-order valence-electron chi connectivity index (χ1n) is 7.18. The molecule has 3 heterocycles. The van der Waals surface area contributed by atoms with Gasteiger partial charge in [0.25, 0.3) is 5.89 Å². The van der Waals surface area contributed by atoms with Gasteiger partial charge in [0.15, 0.2) is 5.82 Å². The lowest BCUT2D eigenvalue weighted by atomic mass is 9.73. The van der Waals surface area contributed by atoms with E-state index in [9.17, 15) is 0 Å². The zero-order valence-electron chi connectivity index (χ0n) is 12.7. The van der Waals surface area contributed by atoms with Crippen LogP contribution in [0.25, 0.3) is 5.57 Å². The molecule has 0 aromatic carbocycles. The van der Waals surface area contributed by atoms with E-state index in [1.165, 1.54) is 0 Å². The van der Waals surface area contributed by atoms with Crippen LogP contribution < -0.4 is 0 Å². The zero-order chi connectivity index (χ0) is 15.7. The van der Waals surface area contributed by atoms with Crippen molar-refractivity contribution in [3.8, 4) is 0 Å². The smallest absolute Gasteiger partial charge is 0.259 e. The van der Waals surface area contributed by atoms with Gasteiger partial charge in [-0.15, -0.1) is 0 Å². The predicted molar refractivity (Wildman–Crippen MR) is 86.2 cm³/mol. The van der Waals surface area contributed by atoms with E-state index in [4.69, 9.17) is 16.1 Å². The molecule has 0 fully saturated rings. The van der Waals surface area contributed by atoms with Crippen LogP contribution >= 0.6 is 11.6 Å². The van der Waals surface area contributed by atoms with Crippen LogP contribution in [0, 0.1) is 5.92 Å². The molecule has 5 nitrogen and oxygen atoms in total. The summed E-state index contributed by atoms with van der Waals surface area (Å²) in [5, 5.41) is 4.67. The van der Waals surface area contributed by atoms with Gasteiger partial charge >= 0.3 is 0 Å². The van der Waals surface area contributed by atoms with Crippen LogP contribution in [0.2, 0.25) is 5.15 Å². The molecule has 0 saturated carbocycles. The number of aliphatic imine (C=N–C) groups is 1. The third kappa shape index (κ3) is 2.46. The number of allylic oxidation sites excluding steroid dienone is 1. The molecule has 114 valence electrons. The molecule has 22 heavy (non-hydrogen) atoms. The van der Waals surface area contributed by atoms with Crippen LogP contribution in [0.4, 0.5) is 0 Å². The third-order valence-electron chi connectivity index (χ3n) is 4.27. The standard InChI is InChI=1S/C16H17ClN4O/c1-10(2)16(3,12-4-5-13(17)19-9-12)15-20-14(22-21-15)11-6-7-18-8-11/h4-6,8-10H,7H2,1-3H3. The average Bonchev–Trinajstić information content (AvgIpc) is 3.18. The molecule has 6 heteroatoms. The summed E-state index contributed by atoms with van der Waals surface area (Å²) in [6.07, 6.45) is 5.50. The Balaban J connectivity index is 2.04. The molecular formula is C16H17ClN4O. The van der Waals surface area contributed by atoms with E-state index in [1.54, 1.807) is 18.5 Å². The summed E-state index contributed by atoms with van der Waals surface area (Å²) in [4.78, 5) is 12.9. The highest BCUT2D eigenvalue weighted by molar-refractivity contribution is 6.29. The molecule has 0 N–H and O–H groups in total. The molecule has 0 aliphatic carbocycles. The Hall–Kier alpha value is -2.01. The summed E-state index contributed by atoms with van der Waals surface area (Å²) in [7, 11) is 0. The molecule has 2 aromatic rings. The lowest BCUT2D eigenvalue weighted by Gasteiger charge is -2.30. The fourth-order valence-electron chi connectivity index (χ4n) is 2.45. The van der Waals surface area contributed by atoms with Crippen molar-refractivity contribution < 1.29 is 4.52 Å². The van der Waals surface area contributed by atoms with Gasteiger partial charge < -0.3 is 4.52 Å². The number of rotatable bonds is 4. The molecule has 1 aliphatic rings. The SMILES string of the molecule is CC(C)C(C)(c1ccc(Cl)nc1)c1noc(C2=CCN=C2)n1. The maximum absolute atomic E-state index is 5.89. The second-order valence-electron chi connectivity index (χ2n) is 5.80. The molecule has 0 radical (unpaired) electrons.